The fourth-order valence-electron chi connectivity index (χ4n) is 1.70. The van der Waals surface area contributed by atoms with E-state index in [1.54, 1.807) is 0 Å². The van der Waals surface area contributed by atoms with E-state index >= 15 is 0 Å². The molecular formula is C11H19Br. The van der Waals surface area contributed by atoms with Crippen LogP contribution in [0.4, 0.5) is 0 Å². The molecule has 0 aromatic carbocycles. The maximum Gasteiger partial charge on any atom is 0.0214 e. The van der Waals surface area contributed by atoms with Crippen LogP contribution in [-0.4, -0.2) is 5.33 Å². The van der Waals surface area contributed by atoms with Gasteiger partial charge in [-0.1, -0.05) is 41.4 Å². The summed E-state index contributed by atoms with van der Waals surface area (Å²) in [5.74, 6) is 0.996. The van der Waals surface area contributed by atoms with Crippen molar-refractivity contribution in [2.75, 3.05) is 5.33 Å². The molecule has 0 aliphatic heterocycles. The minimum absolute atomic E-state index is 0.661. The van der Waals surface area contributed by atoms with Crippen molar-refractivity contribution in [1.29, 1.82) is 0 Å². The molecule has 0 bridgehead atoms. The fraction of sp³-hybridized carbons (Fsp3) is 0.818. The lowest BCUT2D eigenvalue weighted by Crippen LogP contribution is -1.90. The molecule has 1 atom stereocenters. The lowest BCUT2D eigenvalue weighted by atomic mass is 10.0. The molecule has 12 heavy (non-hydrogen) atoms. The number of hydrogen-bond donors (Lipinski definition) is 0. The third-order valence-electron chi connectivity index (χ3n) is 3.03. The van der Waals surface area contributed by atoms with Gasteiger partial charge in [0, 0.05) is 5.33 Å². The third-order valence-corrected chi connectivity index (χ3v) is 3.35. The Hall–Kier alpha value is 0.220. The average molecular weight is 231 g/mol. The average Bonchev–Trinajstić information content (AvgIpc) is 2.56. The number of halogens is 1. The SMILES string of the molecule is C/C(=C\CBr)CCC1CC1(C)C. The number of hydrogen-bond acceptors (Lipinski definition) is 0. The maximum absolute atomic E-state index is 3.42. The van der Waals surface area contributed by atoms with Crippen LogP contribution < -0.4 is 0 Å². The molecule has 1 aliphatic carbocycles. The largest absolute Gasteiger partial charge is 0.0883 e. The summed E-state index contributed by atoms with van der Waals surface area (Å²) in [5, 5.41) is 1.01. The number of allylic oxidation sites excluding steroid dienone is 2. The Labute approximate surface area is 84.6 Å². The molecule has 1 saturated carbocycles. The van der Waals surface area contributed by atoms with E-state index in [0.29, 0.717) is 5.41 Å². The predicted octanol–water partition coefficient (Wildman–Crippen LogP) is 4.15. The summed E-state index contributed by atoms with van der Waals surface area (Å²) in [7, 11) is 0. The van der Waals surface area contributed by atoms with E-state index in [0.717, 1.165) is 11.2 Å². The fourth-order valence-corrected chi connectivity index (χ4v) is 2.26. The second-order valence-electron chi connectivity index (χ2n) is 4.63. The molecule has 0 N–H and O–H groups in total. The van der Waals surface area contributed by atoms with E-state index in [1.807, 2.05) is 0 Å². The van der Waals surface area contributed by atoms with E-state index in [4.69, 9.17) is 0 Å². The molecule has 0 amide bonds. The van der Waals surface area contributed by atoms with Crippen molar-refractivity contribution in [2.24, 2.45) is 11.3 Å². The van der Waals surface area contributed by atoms with Crippen molar-refractivity contribution in [3.05, 3.63) is 11.6 Å². The van der Waals surface area contributed by atoms with Gasteiger partial charge in [-0.25, -0.2) is 0 Å². The Morgan fingerprint density at radius 2 is 2.17 bits per heavy atom. The van der Waals surface area contributed by atoms with E-state index in [2.05, 4.69) is 42.8 Å². The second-order valence-corrected chi connectivity index (χ2v) is 5.28. The van der Waals surface area contributed by atoms with Gasteiger partial charge >= 0.3 is 0 Å². The van der Waals surface area contributed by atoms with Crippen LogP contribution in [0.2, 0.25) is 0 Å². The van der Waals surface area contributed by atoms with E-state index in [1.165, 1.54) is 24.8 Å². The molecule has 1 heteroatoms. The summed E-state index contributed by atoms with van der Waals surface area (Å²) in [6, 6.07) is 0. The van der Waals surface area contributed by atoms with Gasteiger partial charge < -0.3 is 0 Å². The van der Waals surface area contributed by atoms with Crippen molar-refractivity contribution in [2.45, 2.75) is 40.0 Å². The molecule has 0 heterocycles. The van der Waals surface area contributed by atoms with Gasteiger partial charge in [0.15, 0.2) is 0 Å². The molecule has 0 aromatic heterocycles. The summed E-state index contributed by atoms with van der Waals surface area (Å²) in [6.07, 6.45) is 6.39. The standard InChI is InChI=1S/C11H19Br/c1-9(6-7-12)4-5-10-8-11(10,2)3/h6,10H,4-5,7-8H2,1-3H3/b9-6+. The zero-order valence-electron chi connectivity index (χ0n) is 8.36. The topological polar surface area (TPSA) is 0 Å². The molecule has 1 aliphatic rings. The summed E-state index contributed by atoms with van der Waals surface area (Å²) >= 11 is 3.42. The first-order valence-electron chi connectivity index (χ1n) is 4.78. The number of alkyl halides is 1. The normalized spacial score (nSPS) is 27.3. The molecule has 1 unspecified atom stereocenters. The van der Waals surface area contributed by atoms with Crippen LogP contribution >= 0.6 is 15.9 Å². The third kappa shape index (κ3) is 2.93. The predicted molar refractivity (Wildman–Crippen MR) is 58.7 cm³/mol. The monoisotopic (exact) mass is 230 g/mol. The first kappa shape index (κ1) is 10.3. The van der Waals surface area contributed by atoms with Crippen molar-refractivity contribution in [3.63, 3.8) is 0 Å². The molecule has 0 nitrogen and oxygen atoms in total. The van der Waals surface area contributed by atoms with Gasteiger partial charge in [0.05, 0.1) is 0 Å². The molecule has 0 radical (unpaired) electrons. The number of rotatable bonds is 4. The molecule has 1 fully saturated rings. The molecular weight excluding hydrogens is 212 g/mol. The highest BCUT2D eigenvalue weighted by Gasteiger charge is 2.44. The van der Waals surface area contributed by atoms with Crippen LogP contribution in [0.3, 0.4) is 0 Å². The molecule has 70 valence electrons. The first-order valence-corrected chi connectivity index (χ1v) is 5.90. The highest BCUT2D eigenvalue weighted by Crippen LogP contribution is 2.54. The van der Waals surface area contributed by atoms with Gasteiger partial charge in [0.2, 0.25) is 0 Å². The van der Waals surface area contributed by atoms with Crippen LogP contribution in [0.15, 0.2) is 11.6 Å². The Bertz CT molecular complexity index is 179. The highest BCUT2D eigenvalue weighted by molar-refractivity contribution is 9.09. The van der Waals surface area contributed by atoms with Gasteiger partial charge in [-0.15, -0.1) is 0 Å². The second kappa shape index (κ2) is 3.95. The summed E-state index contributed by atoms with van der Waals surface area (Å²) in [5.41, 5.74) is 2.20. The molecule has 1 rings (SSSR count). The Morgan fingerprint density at radius 3 is 2.58 bits per heavy atom. The van der Waals surface area contributed by atoms with Crippen molar-refractivity contribution in [3.8, 4) is 0 Å². The molecule has 0 aromatic rings. The minimum Gasteiger partial charge on any atom is -0.0883 e. The molecule has 0 saturated heterocycles. The maximum atomic E-state index is 3.42. The van der Waals surface area contributed by atoms with E-state index in [9.17, 15) is 0 Å². The molecule has 0 spiro atoms. The van der Waals surface area contributed by atoms with Crippen molar-refractivity contribution < 1.29 is 0 Å². The quantitative estimate of drug-likeness (QED) is 0.503. The van der Waals surface area contributed by atoms with Crippen molar-refractivity contribution in [1.82, 2.24) is 0 Å². The van der Waals surface area contributed by atoms with Crippen LogP contribution in [0, 0.1) is 11.3 Å². The van der Waals surface area contributed by atoms with Crippen LogP contribution in [0.1, 0.15) is 40.0 Å². The van der Waals surface area contributed by atoms with E-state index in [-0.39, 0.29) is 0 Å². The lowest BCUT2D eigenvalue weighted by molar-refractivity contribution is 0.532. The van der Waals surface area contributed by atoms with Gasteiger partial charge in [-0.2, -0.15) is 0 Å². The zero-order valence-corrected chi connectivity index (χ0v) is 9.95. The van der Waals surface area contributed by atoms with Crippen LogP contribution in [0.5, 0.6) is 0 Å². The highest BCUT2D eigenvalue weighted by atomic mass is 79.9. The van der Waals surface area contributed by atoms with Crippen molar-refractivity contribution >= 4 is 15.9 Å². The Balaban J connectivity index is 2.15. The summed E-state index contributed by atoms with van der Waals surface area (Å²) in [4.78, 5) is 0. The van der Waals surface area contributed by atoms with Gasteiger partial charge in [0.1, 0.15) is 0 Å². The van der Waals surface area contributed by atoms with Gasteiger partial charge in [0.25, 0.3) is 0 Å². The minimum atomic E-state index is 0.661. The van der Waals surface area contributed by atoms with E-state index < -0.39 is 0 Å². The lowest BCUT2D eigenvalue weighted by Gasteiger charge is -2.03. The first-order chi connectivity index (χ1) is 5.56. The van der Waals surface area contributed by atoms with Crippen LogP contribution in [0.25, 0.3) is 0 Å². The zero-order chi connectivity index (χ0) is 9.19. The summed E-state index contributed by atoms with van der Waals surface area (Å²) < 4.78 is 0. The summed E-state index contributed by atoms with van der Waals surface area (Å²) in [6.45, 7) is 6.99. The van der Waals surface area contributed by atoms with Crippen LogP contribution in [-0.2, 0) is 0 Å². The Kier molecular flexibility index (Phi) is 3.39. The Morgan fingerprint density at radius 1 is 1.58 bits per heavy atom. The van der Waals surface area contributed by atoms with Gasteiger partial charge in [-0.05, 0) is 37.5 Å². The smallest absolute Gasteiger partial charge is 0.0214 e. The van der Waals surface area contributed by atoms with Gasteiger partial charge in [-0.3, -0.25) is 0 Å².